The van der Waals surface area contributed by atoms with Crippen molar-refractivity contribution in [3.05, 3.63) is 48.4 Å². The quantitative estimate of drug-likeness (QED) is 0.582. The van der Waals surface area contributed by atoms with E-state index in [0.29, 0.717) is 16.5 Å². The van der Waals surface area contributed by atoms with E-state index in [9.17, 15) is 17.9 Å². The minimum Gasteiger partial charge on any atom is -0.491 e. The number of aliphatic hydroxyl groups is 1. The SMILES string of the molecule is CN(C1CCCCC1)S(=O)(=O)c1ccc(SC[C@@H](O)COc2ccc(F)cc2)nc1. The third kappa shape index (κ3) is 6.16. The fourth-order valence-electron chi connectivity index (χ4n) is 3.36. The van der Waals surface area contributed by atoms with Gasteiger partial charge in [-0.25, -0.2) is 17.8 Å². The van der Waals surface area contributed by atoms with Crippen LogP contribution >= 0.6 is 11.8 Å². The van der Waals surface area contributed by atoms with E-state index in [1.165, 1.54) is 53.0 Å². The summed E-state index contributed by atoms with van der Waals surface area (Å²) in [6.07, 6.45) is 5.71. The molecule has 30 heavy (non-hydrogen) atoms. The van der Waals surface area contributed by atoms with Crippen LogP contribution in [0.1, 0.15) is 32.1 Å². The fourth-order valence-corrected chi connectivity index (χ4v) is 5.48. The van der Waals surface area contributed by atoms with Crippen molar-refractivity contribution in [1.29, 1.82) is 0 Å². The first-order valence-corrected chi connectivity index (χ1v) is 12.4. The number of pyridine rings is 1. The highest BCUT2D eigenvalue weighted by atomic mass is 32.2. The second-order valence-corrected chi connectivity index (χ2v) is 10.4. The first kappa shape index (κ1) is 23.0. The molecule has 1 N–H and O–H groups in total. The Morgan fingerprint density at radius 2 is 1.90 bits per heavy atom. The predicted octanol–water partition coefficient (Wildman–Crippen LogP) is 3.71. The van der Waals surface area contributed by atoms with Crippen LogP contribution in [-0.4, -0.2) is 54.4 Å². The molecule has 1 fully saturated rings. The lowest BCUT2D eigenvalue weighted by Crippen LogP contribution is -2.38. The van der Waals surface area contributed by atoms with Gasteiger partial charge in [-0.2, -0.15) is 4.31 Å². The van der Waals surface area contributed by atoms with Crippen molar-refractivity contribution in [1.82, 2.24) is 9.29 Å². The van der Waals surface area contributed by atoms with E-state index in [0.717, 1.165) is 25.7 Å². The number of aliphatic hydroxyl groups excluding tert-OH is 1. The molecular formula is C21H27FN2O4S2. The Labute approximate surface area is 181 Å². The number of ether oxygens (including phenoxy) is 1. The van der Waals surface area contributed by atoms with Crippen molar-refractivity contribution >= 4 is 21.8 Å². The van der Waals surface area contributed by atoms with Crippen LogP contribution in [0.3, 0.4) is 0 Å². The molecule has 164 valence electrons. The summed E-state index contributed by atoms with van der Waals surface area (Å²) in [6.45, 7) is 0.0667. The second-order valence-electron chi connectivity index (χ2n) is 7.37. The van der Waals surface area contributed by atoms with Crippen LogP contribution in [0.25, 0.3) is 0 Å². The van der Waals surface area contributed by atoms with Crippen LogP contribution in [0.15, 0.2) is 52.5 Å². The molecule has 1 aromatic carbocycles. The number of nitrogens with zero attached hydrogens (tertiary/aromatic N) is 2. The lowest BCUT2D eigenvalue weighted by Gasteiger charge is -2.30. The molecule has 1 aliphatic rings. The van der Waals surface area contributed by atoms with Gasteiger partial charge in [0.25, 0.3) is 0 Å². The zero-order chi connectivity index (χ0) is 21.6. The molecule has 3 rings (SSSR count). The number of sulfonamides is 1. The standard InChI is InChI=1S/C21H27FN2O4S2/c1-24(17-5-3-2-4-6-17)30(26,27)20-11-12-21(23-13-20)29-15-18(25)14-28-19-9-7-16(22)8-10-19/h7-13,17-18,25H,2-6,14-15H2,1H3/t18-/m0/s1. The number of rotatable bonds is 9. The molecule has 1 aliphatic carbocycles. The molecule has 0 spiro atoms. The van der Waals surface area contributed by atoms with Gasteiger partial charge in [-0.15, -0.1) is 11.8 Å². The Balaban J connectivity index is 1.50. The molecule has 0 amide bonds. The Morgan fingerprint density at radius 1 is 1.20 bits per heavy atom. The van der Waals surface area contributed by atoms with Crippen molar-refractivity contribution in [2.75, 3.05) is 19.4 Å². The van der Waals surface area contributed by atoms with Crippen molar-refractivity contribution in [2.24, 2.45) is 0 Å². The maximum Gasteiger partial charge on any atom is 0.244 e. The molecule has 1 aromatic heterocycles. The summed E-state index contributed by atoms with van der Waals surface area (Å²) in [5.74, 6) is 0.470. The third-order valence-electron chi connectivity index (χ3n) is 5.15. The Morgan fingerprint density at radius 3 is 2.53 bits per heavy atom. The van der Waals surface area contributed by atoms with E-state index >= 15 is 0 Å². The van der Waals surface area contributed by atoms with Crippen LogP contribution in [0.2, 0.25) is 0 Å². The molecule has 1 saturated carbocycles. The number of hydrogen-bond donors (Lipinski definition) is 1. The van der Waals surface area contributed by atoms with E-state index < -0.39 is 16.1 Å². The molecule has 0 bridgehead atoms. The number of benzene rings is 1. The molecular weight excluding hydrogens is 427 g/mol. The van der Waals surface area contributed by atoms with Crippen LogP contribution in [0.5, 0.6) is 5.75 Å². The first-order valence-electron chi connectivity index (χ1n) is 9.99. The summed E-state index contributed by atoms with van der Waals surface area (Å²) in [5, 5.41) is 10.7. The van der Waals surface area contributed by atoms with Crippen LogP contribution in [0.4, 0.5) is 4.39 Å². The van der Waals surface area contributed by atoms with Gasteiger partial charge in [-0.05, 0) is 49.2 Å². The van der Waals surface area contributed by atoms with Crippen molar-refractivity contribution in [3.8, 4) is 5.75 Å². The highest BCUT2D eigenvalue weighted by Crippen LogP contribution is 2.27. The average molecular weight is 455 g/mol. The zero-order valence-electron chi connectivity index (χ0n) is 16.9. The first-order chi connectivity index (χ1) is 14.4. The maximum absolute atomic E-state index is 12.9. The van der Waals surface area contributed by atoms with Crippen molar-refractivity contribution in [2.45, 2.75) is 54.2 Å². The Bertz CT molecular complexity index is 902. The van der Waals surface area contributed by atoms with Crippen molar-refractivity contribution < 1.29 is 22.7 Å². The summed E-state index contributed by atoms with van der Waals surface area (Å²) in [5.41, 5.74) is 0. The predicted molar refractivity (Wildman–Crippen MR) is 115 cm³/mol. The molecule has 2 aromatic rings. The number of thioether (sulfide) groups is 1. The average Bonchev–Trinajstić information content (AvgIpc) is 2.77. The molecule has 6 nitrogen and oxygen atoms in total. The largest absolute Gasteiger partial charge is 0.491 e. The molecule has 0 unspecified atom stereocenters. The van der Waals surface area contributed by atoms with Crippen LogP contribution in [0, 0.1) is 5.82 Å². The highest BCUT2D eigenvalue weighted by molar-refractivity contribution is 7.99. The van der Waals surface area contributed by atoms with Gasteiger partial charge in [0.2, 0.25) is 10.0 Å². The van der Waals surface area contributed by atoms with E-state index in [4.69, 9.17) is 4.74 Å². The number of hydrogen-bond acceptors (Lipinski definition) is 6. The van der Waals surface area contributed by atoms with E-state index in [-0.39, 0.29) is 23.4 Å². The molecule has 0 radical (unpaired) electrons. The van der Waals surface area contributed by atoms with Gasteiger partial charge in [-0.1, -0.05) is 19.3 Å². The van der Waals surface area contributed by atoms with Crippen LogP contribution in [-0.2, 0) is 10.0 Å². The van der Waals surface area contributed by atoms with Gasteiger partial charge in [-0.3, -0.25) is 0 Å². The van der Waals surface area contributed by atoms with Crippen LogP contribution < -0.4 is 4.74 Å². The fraction of sp³-hybridized carbons (Fsp3) is 0.476. The van der Waals surface area contributed by atoms with Gasteiger partial charge < -0.3 is 9.84 Å². The molecule has 0 aliphatic heterocycles. The number of aromatic nitrogens is 1. The van der Waals surface area contributed by atoms with E-state index in [1.54, 1.807) is 19.2 Å². The monoisotopic (exact) mass is 454 g/mol. The summed E-state index contributed by atoms with van der Waals surface area (Å²) < 4.78 is 45.5. The molecule has 0 saturated heterocycles. The Kier molecular flexibility index (Phi) is 8.10. The van der Waals surface area contributed by atoms with Crippen molar-refractivity contribution in [3.63, 3.8) is 0 Å². The van der Waals surface area contributed by atoms with Gasteiger partial charge >= 0.3 is 0 Å². The summed E-state index contributed by atoms with van der Waals surface area (Å²) in [7, 11) is -1.92. The maximum atomic E-state index is 12.9. The van der Waals surface area contributed by atoms with Gasteiger partial charge in [0.1, 0.15) is 23.1 Å². The smallest absolute Gasteiger partial charge is 0.244 e. The minimum atomic E-state index is -3.56. The van der Waals surface area contributed by atoms with Gasteiger partial charge in [0.15, 0.2) is 0 Å². The summed E-state index contributed by atoms with van der Waals surface area (Å²) >= 11 is 1.31. The Hall–Kier alpha value is -1.68. The van der Waals surface area contributed by atoms with E-state index in [2.05, 4.69) is 4.98 Å². The molecule has 1 heterocycles. The third-order valence-corrected chi connectivity index (χ3v) is 8.14. The second kappa shape index (κ2) is 10.6. The topological polar surface area (TPSA) is 79.7 Å². The summed E-state index contributed by atoms with van der Waals surface area (Å²) in [4.78, 5) is 4.42. The normalized spacial score (nSPS) is 16.5. The lowest BCUT2D eigenvalue weighted by atomic mass is 9.96. The van der Waals surface area contributed by atoms with E-state index in [1.807, 2.05) is 0 Å². The van der Waals surface area contributed by atoms with Gasteiger partial charge in [0, 0.05) is 25.0 Å². The number of halogens is 1. The molecule has 9 heteroatoms. The summed E-state index contributed by atoms with van der Waals surface area (Å²) in [6, 6.07) is 8.85. The highest BCUT2D eigenvalue weighted by Gasteiger charge is 2.29. The van der Waals surface area contributed by atoms with Gasteiger partial charge in [0.05, 0.1) is 11.1 Å². The zero-order valence-corrected chi connectivity index (χ0v) is 18.5. The minimum absolute atomic E-state index is 0.0501. The molecule has 1 atom stereocenters. The lowest BCUT2D eigenvalue weighted by molar-refractivity contribution is 0.126.